The fourth-order valence-corrected chi connectivity index (χ4v) is 5.16. The Labute approximate surface area is 184 Å². The van der Waals surface area contributed by atoms with Gasteiger partial charge in [0.15, 0.2) is 5.60 Å². The van der Waals surface area contributed by atoms with Crippen molar-refractivity contribution in [3.05, 3.63) is 89.4 Å². The summed E-state index contributed by atoms with van der Waals surface area (Å²) < 4.78 is 19.9. The number of carbonyl (C=O) groups excluding carboxylic acids is 2. The monoisotopic (exact) mass is 428 g/mol. The number of amides is 1. The predicted octanol–water partition coefficient (Wildman–Crippen LogP) is 4.22. The standard InChI is InChI=1S/C26H21FN2O3/c27-21-8-4-2-6-19(21)22-10-9-17(15-28-22)25(11-12-25)24(31)29-14-13-26(16-29)20-7-3-1-5-18(20)23(30)32-26/h1-10,15H,11-14,16H2/t26-/m0/s1. The third-order valence-corrected chi connectivity index (χ3v) is 7.07. The van der Waals surface area contributed by atoms with Crippen LogP contribution in [0.15, 0.2) is 66.9 Å². The SMILES string of the molecule is O=C1O[C@]2(CCN(C(=O)C3(c4ccc(-c5ccccc5F)nc4)CC3)C2)c2ccccc21. The Bertz CT molecular complexity index is 1250. The molecule has 1 atom stereocenters. The van der Waals surface area contributed by atoms with Crippen LogP contribution in [0.3, 0.4) is 0 Å². The number of benzene rings is 2. The molecule has 0 radical (unpaired) electrons. The van der Waals surface area contributed by atoms with Gasteiger partial charge >= 0.3 is 5.97 Å². The number of hydrogen-bond donors (Lipinski definition) is 0. The maximum absolute atomic E-state index is 14.1. The number of likely N-dealkylation sites (tertiary alicyclic amines) is 1. The highest BCUT2D eigenvalue weighted by atomic mass is 19.1. The summed E-state index contributed by atoms with van der Waals surface area (Å²) in [5.41, 5.74) is 1.98. The molecule has 160 valence electrons. The molecular formula is C26H21FN2O3. The molecular weight excluding hydrogens is 407 g/mol. The van der Waals surface area contributed by atoms with Crippen LogP contribution in [0.25, 0.3) is 11.3 Å². The van der Waals surface area contributed by atoms with Crippen LogP contribution in [0.2, 0.25) is 0 Å². The van der Waals surface area contributed by atoms with Crippen LogP contribution in [-0.4, -0.2) is 34.8 Å². The van der Waals surface area contributed by atoms with E-state index in [0.29, 0.717) is 36.3 Å². The fourth-order valence-electron chi connectivity index (χ4n) is 5.16. The van der Waals surface area contributed by atoms with Crippen molar-refractivity contribution >= 4 is 11.9 Å². The number of halogens is 1. The smallest absolute Gasteiger partial charge is 0.339 e. The van der Waals surface area contributed by atoms with E-state index < -0.39 is 11.0 Å². The minimum absolute atomic E-state index is 0.0512. The van der Waals surface area contributed by atoms with Crippen molar-refractivity contribution in [1.29, 1.82) is 0 Å². The minimum atomic E-state index is -0.744. The molecule has 2 aromatic carbocycles. The lowest BCUT2D eigenvalue weighted by Crippen LogP contribution is -2.40. The first-order valence-electron chi connectivity index (χ1n) is 10.9. The Morgan fingerprint density at radius 3 is 2.44 bits per heavy atom. The molecule has 5 nitrogen and oxygen atoms in total. The average molecular weight is 428 g/mol. The second-order valence-electron chi connectivity index (χ2n) is 8.90. The zero-order valence-corrected chi connectivity index (χ0v) is 17.4. The van der Waals surface area contributed by atoms with Gasteiger partial charge in [0.05, 0.1) is 23.2 Å². The van der Waals surface area contributed by atoms with Crippen LogP contribution in [0.5, 0.6) is 0 Å². The van der Waals surface area contributed by atoms with Crippen molar-refractivity contribution in [2.24, 2.45) is 0 Å². The Morgan fingerprint density at radius 2 is 1.72 bits per heavy atom. The predicted molar refractivity (Wildman–Crippen MR) is 115 cm³/mol. The molecule has 1 spiro atoms. The van der Waals surface area contributed by atoms with E-state index in [0.717, 1.165) is 24.0 Å². The second kappa shape index (κ2) is 6.73. The molecule has 2 aliphatic heterocycles. The van der Waals surface area contributed by atoms with Gasteiger partial charge in [-0.15, -0.1) is 0 Å². The molecule has 6 rings (SSSR count). The van der Waals surface area contributed by atoms with Crippen molar-refractivity contribution in [2.75, 3.05) is 13.1 Å². The Kier molecular flexibility index (Phi) is 4.03. The summed E-state index contributed by atoms with van der Waals surface area (Å²) in [6.07, 6.45) is 3.81. The molecule has 1 saturated heterocycles. The van der Waals surface area contributed by atoms with Gasteiger partial charge in [-0.25, -0.2) is 9.18 Å². The maximum atomic E-state index is 14.1. The third kappa shape index (κ3) is 2.72. The van der Waals surface area contributed by atoms with Gasteiger partial charge in [0.1, 0.15) is 5.82 Å². The molecule has 32 heavy (non-hydrogen) atoms. The van der Waals surface area contributed by atoms with Gasteiger partial charge in [-0.3, -0.25) is 9.78 Å². The third-order valence-electron chi connectivity index (χ3n) is 7.07. The summed E-state index contributed by atoms with van der Waals surface area (Å²) in [6.45, 7) is 0.917. The first kappa shape index (κ1) is 19.2. The van der Waals surface area contributed by atoms with E-state index in [2.05, 4.69) is 4.98 Å². The molecule has 1 aromatic heterocycles. The number of ether oxygens (including phenoxy) is 1. The van der Waals surface area contributed by atoms with Gasteiger partial charge in [0, 0.05) is 30.3 Å². The van der Waals surface area contributed by atoms with Crippen molar-refractivity contribution in [3.63, 3.8) is 0 Å². The van der Waals surface area contributed by atoms with Gasteiger partial charge in [-0.05, 0) is 42.7 Å². The minimum Gasteiger partial charge on any atom is -0.449 e. The van der Waals surface area contributed by atoms with Gasteiger partial charge in [-0.2, -0.15) is 0 Å². The summed E-state index contributed by atoms with van der Waals surface area (Å²) in [7, 11) is 0. The van der Waals surface area contributed by atoms with E-state index in [1.54, 1.807) is 36.5 Å². The zero-order chi connectivity index (χ0) is 21.9. The van der Waals surface area contributed by atoms with E-state index in [1.807, 2.05) is 29.2 Å². The van der Waals surface area contributed by atoms with Crippen LogP contribution in [-0.2, 0) is 20.5 Å². The highest BCUT2D eigenvalue weighted by Gasteiger charge is 2.57. The second-order valence-corrected chi connectivity index (χ2v) is 8.90. The summed E-state index contributed by atoms with van der Waals surface area (Å²) >= 11 is 0. The normalized spacial score (nSPS) is 22.7. The van der Waals surface area contributed by atoms with Crippen LogP contribution in [0.1, 0.15) is 40.7 Å². The quantitative estimate of drug-likeness (QED) is 0.586. The van der Waals surface area contributed by atoms with Gasteiger partial charge < -0.3 is 9.64 Å². The van der Waals surface area contributed by atoms with Gasteiger partial charge in [-0.1, -0.05) is 36.4 Å². The topological polar surface area (TPSA) is 59.5 Å². The fraction of sp³-hybridized carbons (Fsp3) is 0.269. The maximum Gasteiger partial charge on any atom is 0.339 e. The lowest BCUT2D eigenvalue weighted by Gasteiger charge is -2.26. The lowest BCUT2D eigenvalue weighted by atomic mass is 9.91. The number of aromatic nitrogens is 1. The van der Waals surface area contributed by atoms with E-state index >= 15 is 0 Å². The number of fused-ring (bicyclic) bond motifs is 2. The van der Waals surface area contributed by atoms with Gasteiger partial charge in [0.25, 0.3) is 0 Å². The number of pyridine rings is 1. The van der Waals surface area contributed by atoms with E-state index in [1.165, 1.54) is 6.07 Å². The van der Waals surface area contributed by atoms with Crippen LogP contribution in [0.4, 0.5) is 4.39 Å². The number of hydrogen-bond acceptors (Lipinski definition) is 4. The van der Waals surface area contributed by atoms with E-state index in [4.69, 9.17) is 4.74 Å². The molecule has 1 amide bonds. The summed E-state index contributed by atoms with van der Waals surface area (Å²) in [5, 5.41) is 0. The molecule has 3 aromatic rings. The molecule has 0 N–H and O–H groups in total. The van der Waals surface area contributed by atoms with Crippen molar-refractivity contribution in [1.82, 2.24) is 9.88 Å². The van der Waals surface area contributed by atoms with Crippen molar-refractivity contribution in [3.8, 4) is 11.3 Å². The molecule has 3 aliphatic rings. The summed E-state index contributed by atoms with van der Waals surface area (Å²) in [5.74, 6) is -0.585. The molecule has 1 aliphatic carbocycles. The molecule has 6 heteroatoms. The number of nitrogens with zero attached hydrogens (tertiary/aromatic N) is 2. The summed E-state index contributed by atoms with van der Waals surface area (Å²) in [6, 6.07) is 17.6. The molecule has 0 bridgehead atoms. The highest BCUT2D eigenvalue weighted by Crippen LogP contribution is 2.52. The lowest BCUT2D eigenvalue weighted by molar-refractivity contribution is -0.134. The van der Waals surface area contributed by atoms with Crippen molar-refractivity contribution in [2.45, 2.75) is 30.3 Å². The van der Waals surface area contributed by atoms with Gasteiger partial charge in [0.2, 0.25) is 5.91 Å². The first-order chi connectivity index (χ1) is 15.5. The van der Waals surface area contributed by atoms with Crippen LogP contribution in [0, 0.1) is 5.82 Å². The Balaban J connectivity index is 1.25. The van der Waals surface area contributed by atoms with E-state index in [9.17, 15) is 14.0 Å². The van der Waals surface area contributed by atoms with Crippen LogP contribution < -0.4 is 0 Å². The van der Waals surface area contributed by atoms with Crippen molar-refractivity contribution < 1.29 is 18.7 Å². The molecule has 2 fully saturated rings. The largest absolute Gasteiger partial charge is 0.449 e. The molecule has 1 saturated carbocycles. The number of carbonyl (C=O) groups is 2. The first-order valence-corrected chi connectivity index (χ1v) is 10.9. The van der Waals surface area contributed by atoms with E-state index in [-0.39, 0.29) is 17.7 Å². The molecule has 0 unspecified atom stereocenters. The number of rotatable bonds is 3. The highest BCUT2D eigenvalue weighted by molar-refractivity contribution is 5.96. The Morgan fingerprint density at radius 1 is 0.969 bits per heavy atom. The average Bonchev–Trinajstić information content (AvgIpc) is 3.45. The Hall–Kier alpha value is -3.54. The zero-order valence-electron chi connectivity index (χ0n) is 17.4. The summed E-state index contributed by atoms with van der Waals surface area (Å²) in [4.78, 5) is 32.2. The number of esters is 1. The molecule has 3 heterocycles. The van der Waals surface area contributed by atoms with Crippen LogP contribution >= 0.6 is 0 Å².